The van der Waals surface area contributed by atoms with E-state index in [0.717, 1.165) is 48.0 Å². The smallest absolute Gasteiger partial charge is 0.246 e. The van der Waals surface area contributed by atoms with E-state index in [4.69, 9.17) is 23.2 Å². The molecule has 0 spiro atoms. The molecule has 3 aromatic carbocycles. The number of benzene rings is 3. The van der Waals surface area contributed by atoms with Crippen molar-refractivity contribution in [3.05, 3.63) is 94.0 Å². The number of nitrogens with one attached hydrogen (secondary N) is 1. The van der Waals surface area contributed by atoms with Crippen LogP contribution in [0.5, 0.6) is 0 Å². The summed E-state index contributed by atoms with van der Waals surface area (Å²) in [7, 11) is 0. The summed E-state index contributed by atoms with van der Waals surface area (Å²) >= 11 is 12.4. The second-order valence-electron chi connectivity index (χ2n) is 7.77. The largest absolute Gasteiger partial charge is 0.369 e. The van der Waals surface area contributed by atoms with E-state index >= 15 is 0 Å². The summed E-state index contributed by atoms with van der Waals surface area (Å²) in [5, 5.41) is 4.44. The fourth-order valence-corrected chi connectivity index (χ4v) is 4.32. The molecule has 6 heteroatoms. The molecule has 160 valence electrons. The first kappa shape index (κ1) is 21.7. The monoisotopic (exact) mass is 453 g/mol. The summed E-state index contributed by atoms with van der Waals surface area (Å²) in [6.07, 6.45) is 0. The van der Waals surface area contributed by atoms with E-state index in [0.29, 0.717) is 10.7 Å². The lowest BCUT2D eigenvalue weighted by Gasteiger charge is -2.39. The normalized spacial score (nSPS) is 15.5. The Morgan fingerprint density at radius 3 is 2.32 bits per heavy atom. The van der Waals surface area contributed by atoms with Gasteiger partial charge >= 0.3 is 0 Å². The molecule has 1 aliphatic heterocycles. The molecule has 1 amide bonds. The van der Waals surface area contributed by atoms with Crippen molar-refractivity contribution in [3.8, 4) is 0 Å². The van der Waals surface area contributed by atoms with E-state index < -0.39 is 0 Å². The number of anilines is 2. The topological polar surface area (TPSA) is 35.6 Å². The Hall–Kier alpha value is -2.53. The van der Waals surface area contributed by atoms with Crippen LogP contribution in [0.3, 0.4) is 0 Å². The Morgan fingerprint density at radius 1 is 0.903 bits per heavy atom. The number of hydrogen-bond donors (Lipinski definition) is 1. The molecule has 1 N–H and O–H groups in total. The molecule has 4 nitrogen and oxygen atoms in total. The average molecular weight is 454 g/mol. The number of halogens is 2. The number of hydrogen-bond acceptors (Lipinski definition) is 3. The van der Waals surface area contributed by atoms with Crippen molar-refractivity contribution in [1.29, 1.82) is 0 Å². The number of carbonyl (C=O) groups excluding carboxylic acids is 1. The summed E-state index contributed by atoms with van der Waals surface area (Å²) < 4.78 is 0. The number of piperazine rings is 1. The number of aryl methyl sites for hydroxylation is 1. The number of carbonyl (C=O) groups is 1. The van der Waals surface area contributed by atoms with Gasteiger partial charge in [0.2, 0.25) is 5.91 Å². The highest BCUT2D eigenvalue weighted by Gasteiger charge is 2.30. The Bertz CT molecular complexity index is 1050. The van der Waals surface area contributed by atoms with Gasteiger partial charge in [-0.2, -0.15) is 0 Å². The highest BCUT2D eigenvalue weighted by atomic mass is 35.5. The third-order valence-corrected chi connectivity index (χ3v) is 6.30. The van der Waals surface area contributed by atoms with Crippen LogP contribution in [0.25, 0.3) is 0 Å². The van der Waals surface area contributed by atoms with Crippen molar-refractivity contribution < 1.29 is 4.79 Å². The molecule has 1 unspecified atom stereocenters. The average Bonchev–Trinajstić information content (AvgIpc) is 2.78. The van der Waals surface area contributed by atoms with Crippen LogP contribution in [0.15, 0.2) is 72.8 Å². The van der Waals surface area contributed by atoms with Crippen LogP contribution in [-0.4, -0.2) is 37.0 Å². The fourth-order valence-electron chi connectivity index (χ4n) is 3.96. The van der Waals surface area contributed by atoms with Crippen molar-refractivity contribution in [1.82, 2.24) is 4.90 Å². The van der Waals surface area contributed by atoms with E-state index in [2.05, 4.69) is 21.2 Å². The molecular weight excluding hydrogens is 429 g/mol. The van der Waals surface area contributed by atoms with Crippen LogP contribution in [0.2, 0.25) is 10.0 Å². The minimum absolute atomic E-state index is 0.0534. The molecule has 0 saturated carbocycles. The molecule has 0 aromatic heterocycles. The van der Waals surface area contributed by atoms with Gasteiger partial charge in [-0.1, -0.05) is 65.7 Å². The minimum Gasteiger partial charge on any atom is -0.369 e. The SMILES string of the molecule is Cc1ccc(NC(=O)C(c2ccccc2)N2CCN(c3cccc(Cl)c3)CC2)cc1Cl. The second-order valence-corrected chi connectivity index (χ2v) is 8.61. The van der Waals surface area contributed by atoms with Crippen LogP contribution in [0.4, 0.5) is 11.4 Å². The molecule has 4 rings (SSSR count). The lowest BCUT2D eigenvalue weighted by molar-refractivity contribution is -0.121. The molecule has 1 saturated heterocycles. The molecular formula is C25H25Cl2N3O. The molecule has 31 heavy (non-hydrogen) atoms. The summed E-state index contributed by atoms with van der Waals surface area (Å²) in [5.74, 6) is -0.0534. The molecule has 0 bridgehead atoms. The maximum Gasteiger partial charge on any atom is 0.246 e. The van der Waals surface area contributed by atoms with Gasteiger partial charge in [0.05, 0.1) is 0 Å². The minimum atomic E-state index is -0.372. The van der Waals surface area contributed by atoms with E-state index in [-0.39, 0.29) is 11.9 Å². The summed E-state index contributed by atoms with van der Waals surface area (Å²) in [4.78, 5) is 17.9. The quantitative estimate of drug-likeness (QED) is 0.529. The highest BCUT2D eigenvalue weighted by molar-refractivity contribution is 6.31. The van der Waals surface area contributed by atoms with Crippen LogP contribution in [0, 0.1) is 6.92 Å². The zero-order valence-electron chi connectivity index (χ0n) is 17.4. The van der Waals surface area contributed by atoms with Crippen LogP contribution in [-0.2, 0) is 4.79 Å². The van der Waals surface area contributed by atoms with Gasteiger partial charge < -0.3 is 10.2 Å². The van der Waals surface area contributed by atoms with Gasteiger partial charge in [-0.15, -0.1) is 0 Å². The van der Waals surface area contributed by atoms with E-state index in [1.807, 2.05) is 67.6 Å². The van der Waals surface area contributed by atoms with Crippen molar-refractivity contribution in [3.63, 3.8) is 0 Å². The molecule has 3 aromatic rings. The van der Waals surface area contributed by atoms with Gasteiger partial charge in [-0.05, 0) is 48.4 Å². The van der Waals surface area contributed by atoms with Crippen molar-refractivity contribution in [2.45, 2.75) is 13.0 Å². The van der Waals surface area contributed by atoms with Crippen molar-refractivity contribution in [2.24, 2.45) is 0 Å². The molecule has 1 aliphatic rings. The van der Waals surface area contributed by atoms with Crippen molar-refractivity contribution in [2.75, 3.05) is 36.4 Å². The molecule has 0 aliphatic carbocycles. The third-order valence-electron chi connectivity index (χ3n) is 5.66. The molecule has 1 heterocycles. The van der Waals surface area contributed by atoms with Gasteiger partial charge in [0, 0.05) is 47.6 Å². The van der Waals surface area contributed by atoms with Gasteiger partial charge in [0.25, 0.3) is 0 Å². The highest BCUT2D eigenvalue weighted by Crippen LogP contribution is 2.28. The van der Waals surface area contributed by atoms with Crippen molar-refractivity contribution >= 4 is 40.5 Å². The van der Waals surface area contributed by atoms with Gasteiger partial charge in [0.15, 0.2) is 0 Å². The first-order valence-electron chi connectivity index (χ1n) is 10.4. The first-order valence-corrected chi connectivity index (χ1v) is 11.1. The van der Waals surface area contributed by atoms with Crippen LogP contribution < -0.4 is 10.2 Å². The number of nitrogens with zero attached hydrogens (tertiary/aromatic N) is 2. The van der Waals surface area contributed by atoms with Crippen LogP contribution in [0.1, 0.15) is 17.2 Å². The lowest BCUT2D eigenvalue weighted by Crippen LogP contribution is -2.50. The molecule has 1 atom stereocenters. The Labute approximate surface area is 193 Å². The number of rotatable bonds is 5. The molecule has 0 radical (unpaired) electrons. The number of amides is 1. The van der Waals surface area contributed by atoms with E-state index in [1.165, 1.54) is 0 Å². The predicted molar refractivity (Wildman–Crippen MR) is 129 cm³/mol. The van der Waals surface area contributed by atoms with E-state index in [1.54, 1.807) is 6.07 Å². The Morgan fingerprint density at radius 2 is 1.65 bits per heavy atom. The van der Waals surface area contributed by atoms with E-state index in [9.17, 15) is 4.79 Å². The molecule has 1 fully saturated rings. The second kappa shape index (κ2) is 9.73. The first-order chi connectivity index (χ1) is 15.0. The van der Waals surface area contributed by atoms with Crippen LogP contribution >= 0.6 is 23.2 Å². The predicted octanol–water partition coefficient (Wildman–Crippen LogP) is 5.80. The maximum atomic E-state index is 13.4. The summed E-state index contributed by atoms with van der Waals surface area (Å²) in [6, 6.07) is 23.1. The third kappa shape index (κ3) is 5.21. The fraction of sp³-hybridized carbons (Fsp3) is 0.240. The van der Waals surface area contributed by atoms with Gasteiger partial charge in [-0.25, -0.2) is 0 Å². The standard InChI is InChI=1S/C25H25Cl2N3O/c1-18-10-11-21(17-23(18)27)28-25(31)24(19-6-3-2-4-7-19)30-14-12-29(13-15-30)22-9-5-8-20(26)16-22/h2-11,16-17,24H,12-15H2,1H3,(H,28,31). The summed E-state index contributed by atoms with van der Waals surface area (Å²) in [6.45, 7) is 5.14. The summed E-state index contributed by atoms with van der Waals surface area (Å²) in [5.41, 5.74) is 3.78. The Balaban J connectivity index is 1.52. The van der Waals surface area contributed by atoms with Gasteiger partial charge in [0.1, 0.15) is 6.04 Å². The lowest BCUT2D eigenvalue weighted by atomic mass is 10.0. The van der Waals surface area contributed by atoms with Gasteiger partial charge in [-0.3, -0.25) is 9.69 Å². The zero-order chi connectivity index (χ0) is 21.8. The zero-order valence-corrected chi connectivity index (χ0v) is 18.9. The Kier molecular flexibility index (Phi) is 6.81. The maximum absolute atomic E-state index is 13.4.